The number of carboxylic acid groups (broad SMARTS) is 1. The van der Waals surface area contributed by atoms with E-state index in [2.05, 4.69) is 16.6 Å². The summed E-state index contributed by atoms with van der Waals surface area (Å²) in [5, 5.41) is 13.4. The molecule has 1 aromatic rings. The molecule has 5 heteroatoms. The van der Waals surface area contributed by atoms with E-state index in [-0.39, 0.29) is 13.0 Å². The van der Waals surface area contributed by atoms with E-state index in [1.54, 1.807) is 24.3 Å². The Labute approximate surface area is 98.8 Å². The molecule has 0 heterocycles. The summed E-state index contributed by atoms with van der Waals surface area (Å²) >= 11 is 0. The number of amides is 2. The van der Waals surface area contributed by atoms with E-state index >= 15 is 0 Å². The van der Waals surface area contributed by atoms with Crippen molar-refractivity contribution < 1.29 is 14.7 Å². The number of hydrogen-bond acceptors (Lipinski definition) is 2. The zero-order chi connectivity index (χ0) is 12.7. The number of urea groups is 1. The summed E-state index contributed by atoms with van der Waals surface area (Å²) in [5.41, 5.74) is 1.22. The second-order valence-electron chi connectivity index (χ2n) is 3.25. The Kier molecular flexibility index (Phi) is 4.58. The second-order valence-corrected chi connectivity index (χ2v) is 3.25. The van der Waals surface area contributed by atoms with Crippen LogP contribution >= 0.6 is 0 Å². The molecule has 0 atom stereocenters. The molecule has 0 aromatic heterocycles. The smallest absolute Gasteiger partial charge is 0.319 e. The van der Waals surface area contributed by atoms with Crippen molar-refractivity contribution in [3.63, 3.8) is 0 Å². The molecule has 0 bridgehead atoms. The first-order valence-electron chi connectivity index (χ1n) is 4.95. The maximum atomic E-state index is 11.3. The van der Waals surface area contributed by atoms with Crippen molar-refractivity contribution in [2.75, 3.05) is 11.9 Å². The number of anilines is 1. The molecule has 0 radical (unpaired) electrons. The van der Waals surface area contributed by atoms with E-state index in [1.165, 1.54) is 0 Å². The van der Waals surface area contributed by atoms with Gasteiger partial charge in [0, 0.05) is 17.8 Å². The zero-order valence-corrected chi connectivity index (χ0v) is 9.06. The van der Waals surface area contributed by atoms with Crippen LogP contribution in [0.2, 0.25) is 0 Å². The highest BCUT2D eigenvalue weighted by Gasteiger charge is 2.02. The first-order valence-corrected chi connectivity index (χ1v) is 4.95. The van der Waals surface area contributed by atoms with E-state index in [4.69, 9.17) is 11.5 Å². The van der Waals surface area contributed by atoms with E-state index in [0.717, 1.165) is 0 Å². The number of hydrogen-bond donors (Lipinski definition) is 3. The number of carbonyl (C=O) groups excluding carboxylic acids is 1. The van der Waals surface area contributed by atoms with Gasteiger partial charge in [-0.1, -0.05) is 12.0 Å². The fourth-order valence-electron chi connectivity index (χ4n) is 1.14. The molecule has 0 spiro atoms. The van der Waals surface area contributed by atoms with E-state index in [0.29, 0.717) is 11.3 Å². The molecule has 0 fully saturated rings. The zero-order valence-electron chi connectivity index (χ0n) is 9.06. The summed E-state index contributed by atoms with van der Waals surface area (Å²) in [6.45, 7) is 0.0794. The molecule has 1 aromatic carbocycles. The third-order valence-electron chi connectivity index (χ3n) is 1.91. The third-order valence-corrected chi connectivity index (χ3v) is 1.91. The average Bonchev–Trinajstić information content (AvgIpc) is 2.28. The Bertz CT molecular complexity index is 463. The minimum Gasteiger partial charge on any atom is -0.481 e. The molecule has 88 valence electrons. The van der Waals surface area contributed by atoms with E-state index in [1.807, 2.05) is 0 Å². The first kappa shape index (κ1) is 12.6. The Morgan fingerprint density at radius 2 is 2.18 bits per heavy atom. The number of benzene rings is 1. The van der Waals surface area contributed by atoms with Gasteiger partial charge in [0.2, 0.25) is 0 Å². The lowest BCUT2D eigenvalue weighted by molar-refractivity contribution is -0.136. The quantitative estimate of drug-likeness (QED) is 0.684. The summed E-state index contributed by atoms with van der Waals surface area (Å²) in [5.74, 6) is 1.49. The summed E-state index contributed by atoms with van der Waals surface area (Å²) in [6, 6.07) is 6.35. The van der Waals surface area contributed by atoms with Gasteiger partial charge in [-0.2, -0.15) is 0 Å². The normalized spacial score (nSPS) is 9.12. The van der Waals surface area contributed by atoms with Gasteiger partial charge in [-0.05, 0) is 18.2 Å². The number of nitrogens with one attached hydrogen (secondary N) is 2. The van der Waals surface area contributed by atoms with Crippen LogP contribution in [0.5, 0.6) is 0 Å². The van der Waals surface area contributed by atoms with Gasteiger partial charge in [0.25, 0.3) is 0 Å². The van der Waals surface area contributed by atoms with Crippen LogP contribution in [0, 0.1) is 12.3 Å². The number of aliphatic carboxylic acids is 1. The molecule has 5 nitrogen and oxygen atoms in total. The van der Waals surface area contributed by atoms with E-state index in [9.17, 15) is 9.59 Å². The van der Waals surface area contributed by atoms with Crippen molar-refractivity contribution in [1.29, 1.82) is 0 Å². The molecule has 0 saturated carbocycles. The topological polar surface area (TPSA) is 78.4 Å². The maximum Gasteiger partial charge on any atom is 0.319 e. The van der Waals surface area contributed by atoms with Gasteiger partial charge in [-0.25, -0.2) is 4.79 Å². The van der Waals surface area contributed by atoms with Gasteiger partial charge >= 0.3 is 12.0 Å². The van der Waals surface area contributed by atoms with Crippen molar-refractivity contribution >= 4 is 17.7 Å². The van der Waals surface area contributed by atoms with Crippen LogP contribution in [-0.2, 0) is 4.79 Å². The molecule has 3 N–H and O–H groups in total. The molecule has 0 aliphatic carbocycles. The molecular weight excluding hydrogens is 220 g/mol. The van der Waals surface area contributed by atoms with Gasteiger partial charge in [0.15, 0.2) is 0 Å². The summed E-state index contributed by atoms with van der Waals surface area (Å²) in [6.07, 6.45) is 5.11. The molecule has 0 aliphatic heterocycles. The molecule has 0 aliphatic rings. The van der Waals surface area contributed by atoms with Gasteiger partial charge < -0.3 is 15.7 Å². The molecule has 17 heavy (non-hydrogen) atoms. The molecule has 1 rings (SSSR count). The van der Waals surface area contributed by atoms with Gasteiger partial charge in [-0.15, -0.1) is 6.42 Å². The highest BCUT2D eigenvalue weighted by Crippen LogP contribution is 2.09. The Balaban J connectivity index is 2.45. The number of carboxylic acids is 1. The summed E-state index contributed by atoms with van der Waals surface area (Å²) in [7, 11) is 0. The number of carbonyl (C=O) groups is 2. The lowest BCUT2D eigenvalue weighted by Gasteiger charge is -2.06. The monoisotopic (exact) mass is 232 g/mol. The van der Waals surface area contributed by atoms with Gasteiger partial charge in [-0.3, -0.25) is 4.79 Å². The highest BCUT2D eigenvalue weighted by molar-refractivity contribution is 5.89. The number of rotatable bonds is 4. The van der Waals surface area contributed by atoms with E-state index < -0.39 is 12.0 Å². The molecular formula is C12H12N2O3. The number of terminal acetylenes is 1. The molecule has 2 amide bonds. The van der Waals surface area contributed by atoms with Crippen molar-refractivity contribution in [2.24, 2.45) is 0 Å². The van der Waals surface area contributed by atoms with Crippen LogP contribution in [0.25, 0.3) is 0 Å². The van der Waals surface area contributed by atoms with Crippen molar-refractivity contribution in [1.82, 2.24) is 5.32 Å². The summed E-state index contributed by atoms with van der Waals surface area (Å²) < 4.78 is 0. The SMILES string of the molecule is C#Cc1cccc(NC(=O)NCCC(=O)O)c1. The molecule has 0 saturated heterocycles. The van der Waals surface area contributed by atoms with Gasteiger partial charge in [0.1, 0.15) is 0 Å². The van der Waals surface area contributed by atoms with Crippen molar-refractivity contribution in [2.45, 2.75) is 6.42 Å². The maximum absolute atomic E-state index is 11.3. The predicted molar refractivity (Wildman–Crippen MR) is 63.7 cm³/mol. The Morgan fingerprint density at radius 1 is 1.41 bits per heavy atom. The first-order chi connectivity index (χ1) is 8.11. The second kappa shape index (κ2) is 6.18. The lowest BCUT2D eigenvalue weighted by atomic mass is 10.2. The van der Waals surface area contributed by atoms with Crippen LogP contribution in [0.4, 0.5) is 10.5 Å². The average molecular weight is 232 g/mol. The Hall–Kier alpha value is -2.48. The van der Waals surface area contributed by atoms with Crippen molar-refractivity contribution in [3.05, 3.63) is 29.8 Å². The predicted octanol–water partition coefficient (Wildman–Crippen LogP) is 1.26. The van der Waals surface area contributed by atoms with Crippen molar-refractivity contribution in [3.8, 4) is 12.3 Å². The molecule has 0 unspecified atom stereocenters. The van der Waals surface area contributed by atoms with Gasteiger partial charge in [0.05, 0.1) is 6.42 Å². The van der Waals surface area contributed by atoms with Crippen LogP contribution in [0.3, 0.4) is 0 Å². The fourth-order valence-corrected chi connectivity index (χ4v) is 1.14. The largest absolute Gasteiger partial charge is 0.481 e. The van der Waals surface area contributed by atoms with Crippen LogP contribution in [0.1, 0.15) is 12.0 Å². The van der Waals surface area contributed by atoms with Crippen LogP contribution < -0.4 is 10.6 Å². The lowest BCUT2D eigenvalue weighted by Crippen LogP contribution is -2.30. The van der Waals surface area contributed by atoms with Crippen LogP contribution in [0.15, 0.2) is 24.3 Å². The van der Waals surface area contributed by atoms with Crippen LogP contribution in [-0.4, -0.2) is 23.7 Å². The Morgan fingerprint density at radius 3 is 2.82 bits per heavy atom. The minimum absolute atomic E-state index is 0.0794. The third kappa shape index (κ3) is 4.71. The summed E-state index contributed by atoms with van der Waals surface area (Å²) in [4.78, 5) is 21.6. The fraction of sp³-hybridized carbons (Fsp3) is 0.167. The minimum atomic E-state index is -0.959. The standard InChI is InChI=1S/C12H12N2O3/c1-2-9-4-3-5-10(8-9)14-12(17)13-7-6-11(15)16/h1,3-5,8H,6-7H2,(H,15,16)(H2,13,14,17). The highest BCUT2D eigenvalue weighted by atomic mass is 16.4.